The smallest absolute Gasteiger partial charge is 0.321 e. The number of hydrogen-bond acceptors (Lipinski definition) is 0. The van der Waals surface area contributed by atoms with Crippen LogP contribution in [0.2, 0.25) is 0 Å². The van der Waals surface area contributed by atoms with E-state index in [4.69, 9.17) is 11.6 Å². The molecule has 1 saturated carbocycles. The molecule has 1 aliphatic carbocycles. The van der Waals surface area contributed by atoms with Crippen molar-refractivity contribution in [2.45, 2.75) is 40.6 Å². The van der Waals surface area contributed by atoms with Gasteiger partial charge in [0, 0.05) is 0 Å². The van der Waals surface area contributed by atoms with Crippen LogP contribution in [0.5, 0.6) is 0 Å². The summed E-state index contributed by atoms with van der Waals surface area (Å²) in [5.41, 5.74) is -3.75. The Labute approximate surface area is 106 Å². The number of fused-ring (bicyclic) bond motifs is 2. The standard InChI is InChI=1S/C8H7BrClF6N/c9-3-1-2-4(10)5(3)17-6(2,7(11,12)13)8(14,15)16/h2-5,17H,1H2/p+1/t2-,3+,4-,5+/m0/s1. The number of hydrogen-bond donors (Lipinski definition) is 1. The Hall–Kier alpha value is 0.310. The number of rotatable bonds is 0. The lowest BCUT2D eigenvalue weighted by Gasteiger charge is -2.38. The maximum atomic E-state index is 12.8. The average Bonchev–Trinajstić information content (AvgIpc) is 2.53. The first-order valence-electron chi connectivity index (χ1n) is 4.80. The van der Waals surface area contributed by atoms with Gasteiger partial charge in [0.1, 0.15) is 6.04 Å². The number of nitrogens with two attached hydrogens (primary N) is 1. The van der Waals surface area contributed by atoms with E-state index in [-0.39, 0.29) is 6.42 Å². The zero-order valence-corrected chi connectivity index (χ0v) is 10.5. The number of quaternary nitrogens is 1. The second-order valence-electron chi connectivity index (χ2n) is 4.41. The Kier molecular flexibility index (Phi) is 2.96. The molecule has 2 aliphatic rings. The molecular weight excluding hydrogens is 339 g/mol. The van der Waals surface area contributed by atoms with Crippen molar-refractivity contribution in [1.82, 2.24) is 0 Å². The van der Waals surface area contributed by atoms with Gasteiger partial charge in [-0.25, -0.2) is 0 Å². The topological polar surface area (TPSA) is 16.6 Å². The summed E-state index contributed by atoms with van der Waals surface area (Å²) in [6, 6.07) is -0.898. The molecule has 100 valence electrons. The molecule has 4 atom stereocenters. The molecule has 1 saturated heterocycles. The van der Waals surface area contributed by atoms with Crippen LogP contribution in [-0.2, 0) is 0 Å². The van der Waals surface area contributed by atoms with Gasteiger partial charge in [-0.15, -0.1) is 11.6 Å². The Balaban J connectivity index is 2.48. The Morgan fingerprint density at radius 1 is 1.12 bits per heavy atom. The minimum atomic E-state index is -5.36. The van der Waals surface area contributed by atoms with E-state index in [0.717, 1.165) is 0 Å². The molecule has 0 amide bonds. The molecule has 1 nitrogen and oxygen atoms in total. The van der Waals surface area contributed by atoms with Crippen LogP contribution in [0.3, 0.4) is 0 Å². The Morgan fingerprint density at radius 3 is 1.82 bits per heavy atom. The summed E-state index contributed by atoms with van der Waals surface area (Å²) in [4.78, 5) is -0.409. The molecule has 17 heavy (non-hydrogen) atoms. The van der Waals surface area contributed by atoms with Crippen molar-refractivity contribution < 1.29 is 31.7 Å². The van der Waals surface area contributed by atoms with Gasteiger partial charge < -0.3 is 5.32 Å². The van der Waals surface area contributed by atoms with E-state index in [0.29, 0.717) is 5.32 Å². The molecule has 0 aromatic heterocycles. The van der Waals surface area contributed by atoms with Crippen LogP contribution in [0.25, 0.3) is 0 Å². The molecular formula is C8H8BrClF6N+. The van der Waals surface area contributed by atoms with Gasteiger partial charge in [0.15, 0.2) is 0 Å². The van der Waals surface area contributed by atoms with E-state index in [2.05, 4.69) is 15.9 Å². The summed E-state index contributed by atoms with van der Waals surface area (Å²) in [6.07, 6.45) is -10.9. The fraction of sp³-hybridized carbons (Fsp3) is 1.00. The van der Waals surface area contributed by atoms with Crippen molar-refractivity contribution in [2.75, 3.05) is 0 Å². The minimum Gasteiger partial charge on any atom is -0.321 e. The monoisotopic (exact) mass is 346 g/mol. The number of alkyl halides is 8. The molecule has 9 heteroatoms. The van der Waals surface area contributed by atoms with E-state index in [9.17, 15) is 26.3 Å². The largest absolute Gasteiger partial charge is 0.454 e. The lowest BCUT2D eigenvalue weighted by molar-refractivity contribution is -0.794. The number of piperidine rings is 1. The fourth-order valence-corrected chi connectivity index (χ4v) is 4.44. The summed E-state index contributed by atoms with van der Waals surface area (Å²) >= 11 is 8.78. The van der Waals surface area contributed by atoms with Crippen molar-refractivity contribution in [3.05, 3.63) is 0 Å². The summed E-state index contributed by atoms with van der Waals surface area (Å²) in [7, 11) is 0. The maximum absolute atomic E-state index is 12.8. The molecule has 2 N–H and O–H groups in total. The van der Waals surface area contributed by atoms with E-state index in [1.807, 2.05) is 0 Å². The van der Waals surface area contributed by atoms with Crippen LogP contribution in [-0.4, -0.2) is 34.1 Å². The molecule has 1 aliphatic heterocycles. The zero-order valence-electron chi connectivity index (χ0n) is 8.12. The predicted octanol–water partition coefficient (Wildman–Crippen LogP) is 2.19. The molecule has 2 bridgehead atoms. The highest BCUT2D eigenvalue weighted by Crippen LogP contribution is 2.55. The fourth-order valence-electron chi connectivity index (χ4n) is 2.83. The van der Waals surface area contributed by atoms with E-state index < -0.39 is 40.1 Å². The molecule has 0 aromatic rings. The third kappa shape index (κ3) is 1.63. The first kappa shape index (κ1) is 13.7. The first-order chi connectivity index (χ1) is 7.52. The molecule has 0 radical (unpaired) electrons. The molecule has 2 fully saturated rings. The molecule has 1 heterocycles. The summed E-state index contributed by atoms with van der Waals surface area (Å²) < 4.78 is 77.1. The minimum absolute atomic E-state index is 0.214. The molecule has 0 spiro atoms. The normalized spacial score (nSPS) is 40.9. The van der Waals surface area contributed by atoms with E-state index in [1.54, 1.807) is 0 Å². The lowest BCUT2D eigenvalue weighted by Crippen LogP contribution is -3.07. The highest BCUT2D eigenvalue weighted by molar-refractivity contribution is 9.09. The van der Waals surface area contributed by atoms with Crippen molar-refractivity contribution in [1.29, 1.82) is 0 Å². The van der Waals surface area contributed by atoms with Gasteiger partial charge >= 0.3 is 12.4 Å². The van der Waals surface area contributed by atoms with Gasteiger partial charge in [-0.3, -0.25) is 0 Å². The highest BCUT2D eigenvalue weighted by Gasteiger charge is 2.85. The summed E-state index contributed by atoms with van der Waals surface area (Å²) in [5.74, 6) is -1.64. The van der Waals surface area contributed by atoms with Crippen molar-refractivity contribution >= 4 is 27.5 Å². The SMILES string of the molecule is FC(F)(F)C1(C(F)(F)F)[NH2+][C@H]2[C@@H](Cl)[C@@H]1C[C@H]2Br. The molecule has 0 aromatic carbocycles. The highest BCUT2D eigenvalue weighted by atomic mass is 79.9. The van der Waals surface area contributed by atoms with E-state index >= 15 is 0 Å². The second-order valence-corrected chi connectivity index (χ2v) is 6.09. The van der Waals surface area contributed by atoms with Crippen LogP contribution in [0, 0.1) is 5.92 Å². The Bertz CT molecular complexity index is 315. The first-order valence-corrected chi connectivity index (χ1v) is 6.15. The lowest BCUT2D eigenvalue weighted by atomic mass is 9.82. The van der Waals surface area contributed by atoms with Crippen molar-refractivity contribution in [3.63, 3.8) is 0 Å². The van der Waals surface area contributed by atoms with Crippen molar-refractivity contribution in [2.24, 2.45) is 5.92 Å². The predicted molar refractivity (Wildman–Crippen MR) is 51.0 cm³/mol. The zero-order chi connectivity index (χ0) is 13.2. The van der Waals surface area contributed by atoms with Crippen LogP contribution in [0.1, 0.15) is 6.42 Å². The van der Waals surface area contributed by atoms with Gasteiger partial charge in [0.25, 0.3) is 5.54 Å². The second kappa shape index (κ2) is 3.66. The molecule has 2 rings (SSSR count). The van der Waals surface area contributed by atoms with Crippen molar-refractivity contribution in [3.8, 4) is 0 Å². The third-order valence-electron chi connectivity index (χ3n) is 3.63. The van der Waals surface area contributed by atoms with Crippen LogP contribution in [0.4, 0.5) is 26.3 Å². The average molecular weight is 348 g/mol. The van der Waals surface area contributed by atoms with Crippen LogP contribution < -0.4 is 5.32 Å². The van der Waals surface area contributed by atoms with Crippen LogP contribution >= 0.6 is 27.5 Å². The van der Waals surface area contributed by atoms with Gasteiger partial charge in [0.05, 0.1) is 16.1 Å². The molecule has 0 unspecified atom stereocenters. The third-order valence-corrected chi connectivity index (χ3v) is 5.21. The van der Waals surface area contributed by atoms with Gasteiger partial charge in [-0.2, -0.15) is 26.3 Å². The van der Waals surface area contributed by atoms with Gasteiger partial charge in [-0.05, 0) is 6.42 Å². The quantitative estimate of drug-likeness (QED) is 0.511. The summed E-state index contributed by atoms with van der Waals surface area (Å²) in [5, 5.41) is -0.777. The van der Waals surface area contributed by atoms with Gasteiger partial charge in [0.2, 0.25) is 0 Å². The number of halogens is 8. The summed E-state index contributed by atoms with van der Waals surface area (Å²) in [6.45, 7) is 0. The van der Waals surface area contributed by atoms with Crippen LogP contribution in [0.15, 0.2) is 0 Å². The van der Waals surface area contributed by atoms with E-state index in [1.165, 1.54) is 0 Å². The Morgan fingerprint density at radius 2 is 1.59 bits per heavy atom. The maximum Gasteiger partial charge on any atom is 0.454 e. The van der Waals surface area contributed by atoms with Gasteiger partial charge in [-0.1, -0.05) is 15.9 Å².